The van der Waals surface area contributed by atoms with Crippen molar-refractivity contribution in [3.8, 4) is 23.0 Å². The first-order valence-electron chi connectivity index (χ1n) is 10.5. The molecule has 0 aliphatic rings. The summed E-state index contributed by atoms with van der Waals surface area (Å²) in [6.45, 7) is 7.95. The van der Waals surface area contributed by atoms with E-state index in [4.69, 9.17) is 9.26 Å². The lowest BCUT2D eigenvalue weighted by Crippen LogP contribution is -2.26. The number of nitrogens with zero attached hydrogens (tertiary/aromatic N) is 5. The summed E-state index contributed by atoms with van der Waals surface area (Å²) in [5.74, 6) is 1.97. The average molecular weight is 447 g/mol. The van der Waals surface area contributed by atoms with Crippen LogP contribution in [0.15, 0.2) is 59.6 Å². The van der Waals surface area contributed by atoms with Crippen LogP contribution in [0.4, 0.5) is 0 Å². The number of benzene rings is 1. The number of rotatable bonds is 6. The smallest absolute Gasteiger partial charge is 0.271 e. The lowest BCUT2D eigenvalue weighted by Gasteiger charge is -2.14. The van der Waals surface area contributed by atoms with Crippen LogP contribution in [-0.2, 0) is 5.41 Å². The van der Waals surface area contributed by atoms with Crippen LogP contribution in [0, 0.1) is 0 Å². The van der Waals surface area contributed by atoms with Gasteiger partial charge < -0.3 is 14.6 Å². The summed E-state index contributed by atoms with van der Waals surface area (Å²) in [6.07, 6.45) is 4.83. The number of pyridine rings is 1. The highest BCUT2D eigenvalue weighted by atomic mass is 16.5. The molecule has 4 aromatic rings. The van der Waals surface area contributed by atoms with Crippen LogP contribution < -0.4 is 10.1 Å². The first kappa shape index (κ1) is 22.2. The van der Waals surface area contributed by atoms with Crippen molar-refractivity contribution >= 4 is 5.91 Å². The highest BCUT2D eigenvalue weighted by molar-refractivity contribution is 5.92. The Morgan fingerprint density at radius 1 is 1.15 bits per heavy atom. The van der Waals surface area contributed by atoms with Gasteiger partial charge in [-0.15, -0.1) is 0 Å². The molecule has 9 nitrogen and oxygen atoms in total. The van der Waals surface area contributed by atoms with Crippen LogP contribution in [0.5, 0.6) is 5.75 Å². The van der Waals surface area contributed by atoms with Crippen molar-refractivity contribution in [1.29, 1.82) is 0 Å². The molecule has 4 rings (SSSR count). The zero-order valence-corrected chi connectivity index (χ0v) is 19.2. The third-order valence-electron chi connectivity index (χ3n) is 5.14. The van der Waals surface area contributed by atoms with E-state index in [-0.39, 0.29) is 23.1 Å². The fourth-order valence-corrected chi connectivity index (χ4v) is 3.21. The summed E-state index contributed by atoms with van der Waals surface area (Å²) in [4.78, 5) is 26.0. The van der Waals surface area contributed by atoms with Gasteiger partial charge in [-0.25, -0.2) is 9.97 Å². The number of aromatic nitrogens is 5. The second kappa shape index (κ2) is 8.85. The summed E-state index contributed by atoms with van der Waals surface area (Å²) >= 11 is 0. The number of hydrogen-bond acceptors (Lipinski definition) is 7. The molecule has 0 saturated heterocycles. The number of carbonyl (C=O) groups is 1. The number of nitrogens with one attached hydrogen (secondary N) is 1. The van der Waals surface area contributed by atoms with Gasteiger partial charge >= 0.3 is 0 Å². The van der Waals surface area contributed by atoms with E-state index >= 15 is 0 Å². The Bertz CT molecular complexity index is 1250. The highest BCUT2D eigenvalue weighted by Crippen LogP contribution is 2.27. The second-order valence-corrected chi connectivity index (χ2v) is 8.68. The van der Waals surface area contributed by atoms with E-state index in [0.717, 1.165) is 11.3 Å². The van der Waals surface area contributed by atoms with Crippen LogP contribution >= 0.6 is 0 Å². The lowest BCUT2D eigenvalue weighted by atomic mass is 9.96. The van der Waals surface area contributed by atoms with Gasteiger partial charge in [0.25, 0.3) is 11.8 Å². The fourth-order valence-electron chi connectivity index (χ4n) is 3.21. The Hall–Kier alpha value is -4.01. The predicted octanol–water partition coefficient (Wildman–Crippen LogP) is 4.11. The van der Waals surface area contributed by atoms with Gasteiger partial charge in [0.05, 0.1) is 18.7 Å². The second-order valence-electron chi connectivity index (χ2n) is 8.68. The van der Waals surface area contributed by atoms with Gasteiger partial charge in [-0.3, -0.25) is 9.36 Å². The molecule has 9 heteroatoms. The maximum Gasteiger partial charge on any atom is 0.271 e. The zero-order chi connectivity index (χ0) is 23.6. The molecule has 0 saturated carbocycles. The largest absolute Gasteiger partial charge is 0.497 e. The molecular formula is C24H26N6O3. The Morgan fingerprint density at radius 2 is 1.91 bits per heavy atom. The van der Waals surface area contributed by atoms with Crippen molar-refractivity contribution in [2.45, 2.75) is 39.2 Å². The molecule has 1 unspecified atom stereocenters. The topological polar surface area (TPSA) is 108 Å². The van der Waals surface area contributed by atoms with Crippen molar-refractivity contribution in [3.63, 3.8) is 0 Å². The SMILES string of the molecule is COc1ccc(C(C)NC(=O)c2cn(-c3ncccc3-c3nc(C(C)(C)C)no3)cn2)cc1. The Labute approximate surface area is 191 Å². The molecule has 0 aliphatic heterocycles. The third kappa shape index (κ3) is 4.77. The molecule has 0 aliphatic carbocycles. The number of imidazole rings is 1. The number of amides is 1. The van der Waals surface area contributed by atoms with Crippen molar-refractivity contribution in [1.82, 2.24) is 30.0 Å². The Morgan fingerprint density at radius 3 is 2.58 bits per heavy atom. The summed E-state index contributed by atoms with van der Waals surface area (Å²) in [6, 6.07) is 11.0. The molecule has 1 N–H and O–H groups in total. The molecule has 1 aromatic carbocycles. The molecule has 0 bridgehead atoms. The standard InChI is InChI=1S/C24H26N6O3/c1-15(16-8-10-17(32-5)11-9-16)27-21(31)19-13-30(14-26-19)20-18(7-6-12-25-20)22-28-23(29-33-22)24(2,3)4/h6-15H,1-5H3,(H,27,31). The Balaban J connectivity index is 1.55. The molecule has 0 fully saturated rings. The fraction of sp³-hybridized carbons (Fsp3) is 0.292. The highest BCUT2D eigenvalue weighted by Gasteiger charge is 2.23. The van der Waals surface area contributed by atoms with Crippen LogP contribution in [0.1, 0.15) is 55.6 Å². The molecule has 3 heterocycles. The summed E-state index contributed by atoms with van der Waals surface area (Å²) in [5, 5.41) is 7.06. The van der Waals surface area contributed by atoms with Gasteiger partial charge in [-0.05, 0) is 36.8 Å². The van der Waals surface area contributed by atoms with Crippen molar-refractivity contribution < 1.29 is 14.1 Å². The molecule has 3 aromatic heterocycles. The minimum absolute atomic E-state index is 0.201. The number of methoxy groups -OCH3 is 1. The van der Waals surface area contributed by atoms with Crippen molar-refractivity contribution in [2.24, 2.45) is 0 Å². The van der Waals surface area contributed by atoms with Crippen LogP contribution in [0.3, 0.4) is 0 Å². The average Bonchev–Trinajstić information content (AvgIpc) is 3.49. The molecule has 170 valence electrons. The number of ether oxygens (including phenoxy) is 1. The first-order chi connectivity index (χ1) is 15.8. The van der Waals surface area contributed by atoms with Gasteiger partial charge in [0.1, 0.15) is 17.8 Å². The van der Waals surface area contributed by atoms with E-state index in [1.54, 1.807) is 36.5 Å². The molecule has 1 atom stereocenters. The molecule has 1 amide bonds. The maximum absolute atomic E-state index is 12.8. The van der Waals surface area contributed by atoms with E-state index in [1.165, 1.54) is 0 Å². The minimum Gasteiger partial charge on any atom is -0.497 e. The first-order valence-corrected chi connectivity index (χ1v) is 10.5. The van der Waals surface area contributed by atoms with Gasteiger partial charge in [0.15, 0.2) is 11.6 Å². The summed E-state index contributed by atoms with van der Waals surface area (Å²) < 4.78 is 12.3. The van der Waals surface area contributed by atoms with Crippen LogP contribution in [-0.4, -0.2) is 37.7 Å². The molecular weight excluding hydrogens is 420 g/mol. The lowest BCUT2D eigenvalue weighted by molar-refractivity contribution is 0.0935. The summed E-state index contributed by atoms with van der Waals surface area (Å²) in [5.41, 5.74) is 1.64. The quantitative estimate of drug-likeness (QED) is 0.475. The van der Waals surface area contributed by atoms with E-state index in [2.05, 4.69) is 25.4 Å². The van der Waals surface area contributed by atoms with Gasteiger partial charge in [0.2, 0.25) is 0 Å². The molecule has 0 spiro atoms. The zero-order valence-electron chi connectivity index (χ0n) is 19.2. The van der Waals surface area contributed by atoms with E-state index < -0.39 is 0 Å². The van der Waals surface area contributed by atoms with Crippen LogP contribution in [0.2, 0.25) is 0 Å². The van der Waals surface area contributed by atoms with Gasteiger partial charge in [0, 0.05) is 17.8 Å². The van der Waals surface area contributed by atoms with E-state index in [1.807, 2.05) is 58.0 Å². The molecule has 0 radical (unpaired) electrons. The van der Waals surface area contributed by atoms with E-state index in [9.17, 15) is 4.79 Å². The third-order valence-corrected chi connectivity index (χ3v) is 5.14. The maximum atomic E-state index is 12.8. The molecule has 33 heavy (non-hydrogen) atoms. The van der Waals surface area contributed by atoms with E-state index in [0.29, 0.717) is 23.1 Å². The minimum atomic E-state index is -0.289. The van der Waals surface area contributed by atoms with Gasteiger partial charge in [-0.2, -0.15) is 4.98 Å². The van der Waals surface area contributed by atoms with Crippen LogP contribution in [0.25, 0.3) is 17.3 Å². The van der Waals surface area contributed by atoms with Crippen molar-refractivity contribution in [2.75, 3.05) is 7.11 Å². The van der Waals surface area contributed by atoms with Crippen molar-refractivity contribution in [3.05, 3.63) is 72.2 Å². The number of hydrogen-bond donors (Lipinski definition) is 1. The summed E-state index contributed by atoms with van der Waals surface area (Å²) in [7, 11) is 1.62. The monoisotopic (exact) mass is 446 g/mol. The normalized spacial score (nSPS) is 12.4. The predicted molar refractivity (Wildman–Crippen MR) is 122 cm³/mol. The number of carbonyl (C=O) groups excluding carboxylic acids is 1. The van der Waals surface area contributed by atoms with Gasteiger partial charge in [-0.1, -0.05) is 38.1 Å². The Kier molecular flexibility index (Phi) is 5.95.